The molecule has 6 nitrogen and oxygen atoms in total. The maximum atomic E-state index is 13.2. The van der Waals surface area contributed by atoms with Gasteiger partial charge in [-0.3, -0.25) is 19.0 Å². The summed E-state index contributed by atoms with van der Waals surface area (Å²) in [5.41, 5.74) is 3.54. The van der Waals surface area contributed by atoms with Gasteiger partial charge >= 0.3 is 0 Å². The summed E-state index contributed by atoms with van der Waals surface area (Å²) in [7, 11) is 0. The van der Waals surface area contributed by atoms with Crippen LogP contribution in [-0.4, -0.2) is 21.1 Å². The molecule has 108 valence electrons. The standard InChI is InChI=1S/C15H15N3O3/c1-8-17-11-4-2-3-10(16)14(11)15(21)18(8)12-6-5-9(19)7-13(12)20/h2-4,12H,5-7,16H2,1H3/i1D2,2D,3D,4D,5D2,12D. The lowest BCUT2D eigenvalue weighted by atomic mass is 9.92. The Balaban J connectivity index is 2.49. The average Bonchev–Trinajstić information content (AvgIpc) is 2.61. The number of nitrogen functional groups attached to an aromatic ring is 1. The molecule has 21 heavy (non-hydrogen) atoms. The number of aromatic nitrogens is 2. The number of hydrogen-bond donors (Lipinski definition) is 1. The van der Waals surface area contributed by atoms with Crippen LogP contribution in [0.2, 0.25) is 0 Å². The van der Waals surface area contributed by atoms with Crippen molar-refractivity contribution in [2.75, 3.05) is 5.73 Å². The van der Waals surface area contributed by atoms with Crippen molar-refractivity contribution in [3.05, 3.63) is 34.3 Å². The van der Waals surface area contributed by atoms with Crippen LogP contribution in [0.4, 0.5) is 5.69 Å². The predicted octanol–water partition coefficient (Wildman–Crippen LogP) is 1.15. The lowest BCUT2D eigenvalue weighted by Crippen LogP contribution is -2.36. The van der Waals surface area contributed by atoms with E-state index in [9.17, 15) is 14.4 Å². The van der Waals surface area contributed by atoms with Crippen molar-refractivity contribution in [1.82, 2.24) is 9.55 Å². The summed E-state index contributed by atoms with van der Waals surface area (Å²) in [5, 5.41) is -0.544. The van der Waals surface area contributed by atoms with Crippen LogP contribution in [0, 0.1) is 6.88 Å². The number of Topliss-reactive ketones (excluding diaryl/α,β-unsaturated/α-hetero) is 2. The summed E-state index contributed by atoms with van der Waals surface area (Å²) in [6.45, 7) is -2.02. The van der Waals surface area contributed by atoms with Gasteiger partial charge < -0.3 is 5.73 Å². The highest BCUT2D eigenvalue weighted by molar-refractivity contribution is 6.03. The summed E-state index contributed by atoms with van der Waals surface area (Å²) >= 11 is 0. The van der Waals surface area contributed by atoms with Gasteiger partial charge in [0, 0.05) is 17.5 Å². The fourth-order valence-corrected chi connectivity index (χ4v) is 2.15. The van der Waals surface area contributed by atoms with E-state index in [1.165, 1.54) is 0 Å². The fraction of sp³-hybridized carbons (Fsp3) is 0.333. The van der Waals surface area contributed by atoms with Gasteiger partial charge in [0.2, 0.25) is 0 Å². The summed E-state index contributed by atoms with van der Waals surface area (Å²) in [5.74, 6) is -2.90. The van der Waals surface area contributed by atoms with E-state index in [1.54, 1.807) is 0 Å². The average molecular weight is 293 g/mol. The number of rotatable bonds is 1. The fourth-order valence-electron chi connectivity index (χ4n) is 2.15. The molecule has 2 aromatic rings. The monoisotopic (exact) mass is 293 g/mol. The zero-order valence-electron chi connectivity index (χ0n) is 18.7. The molecule has 1 heterocycles. The number of carbonyl (C=O) groups is 2. The Kier molecular flexibility index (Phi) is 1.59. The molecule has 6 heteroatoms. The Morgan fingerprint density at radius 3 is 3.10 bits per heavy atom. The highest BCUT2D eigenvalue weighted by Crippen LogP contribution is 2.24. The minimum Gasteiger partial charge on any atom is -0.398 e. The van der Waals surface area contributed by atoms with Crippen molar-refractivity contribution in [1.29, 1.82) is 0 Å². The number of fused-ring (bicyclic) bond motifs is 1. The Morgan fingerprint density at radius 1 is 1.52 bits per heavy atom. The number of aryl methyl sites for hydroxylation is 1. The highest BCUT2D eigenvalue weighted by Gasteiger charge is 2.30. The first kappa shape index (κ1) is 6.98. The smallest absolute Gasteiger partial charge is 0.264 e. The van der Waals surface area contributed by atoms with E-state index < -0.39 is 89.8 Å². The molecule has 1 aliphatic carbocycles. The van der Waals surface area contributed by atoms with Gasteiger partial charge in [0.05, 0.1) is 28.8 Å². The first-order valence-corrected chi connectivity index (χ1v) is 5.97. The molecule has 0 bridgehead atoms. The van der Waals surface area contributed by atoms with Crippen LogP contribution in [0.3, 0.4) is 0 Å². The number of anilines is 1. The van der Waals surface area contributed by atoms with Crippen molar-refractivity contribution in [3.8, 4) is 0 Å². The molecule has 0 saturated heterocycles. The lowest BCUT2D eigenvalue weighted by Gasteiger charge is -2.24. The molecule has 0 amide bonds. The van der Waals surface area contributed by atoms with Crippen LogP contribution in [0.5, 0.6) is 0 Å². The summed E-state index contributed by atoms with van der Waals surface area (Å²) in [6, 6.07) is -4.60. The number of nitrogens with zero attached hydrogens (tertiary/aromatic N) is 2. The Labute approximate surface area is 131 Å². The second-order valence-corrected chi connectivity index (χ2v) is 4.45. The normalized spacial score (nSPS) is 30.7. The van der Waals surface area contributed by atoms with Gasteiger partial charge in [-0.15, -0.1) is 0 Å². The lowest BCUT2D eigenvalue weighted by molar-refractivity contribution is -0.132. The largest absolute Gasteiger partial charge is 0.398 e. The molecule has 0 aliphatic heterocycles. The molecule has 3 rings (SSSR count). The van der Waals surface area contributed by atoms with Gasteiger partial charge in [-0.1, -0.05) is 6.04 Å². The molecule has 1 unspecified atom stereocenters. The van der Waals surface area contributed by atoms with Crippen LogP contribution in [0.25, 0.3) is 10.9 Å². The molecule has 0 spiro atoms. The number of ketones is 2. The molecule has 1 aliphatic rings. The number of benzene rings is 1. The Bertz CT molecular complexity index is 1150. The number of hydrogen-bond acceptors (Lipinski definition) is 5. The van der Waals surface area contributed by atoms with Gasteiger partial charge in [0.25, 0.3) is 5.56 Å². The van der Waals surface area contributed by atoms with Crippen LogP contribution in [0.15, 0.2) is 22.9 Å². The van der Waals surface area contributed by atoms with E-state index in [-0.39, 0.29) is 0 Å². The zero-order chi connectivity index (χ0) is 22.0. The molecule has 1 atom stereocenters. The number of carbonyl (C=O) groups excluding carboxylic acids is 2. The molecule has 2 N–H and O–H groups in total. The van der Waals surface area contributed by atoms with E-state index in [0.29, 0.717) is 4.57 Å². The van der Waals surface area contributed by atoms with Crippen molar-refractivity contribution < 1.29 is 20.6 Å². The molecule has 1 fully saturated rings. The molecular weight excluding hydrogens is 270 g/mol. The minimum absolute atomic E-state index is 0.353. The molecule has 1 aromatic carbocycles. The summed E-state index contributed by atoms with van der Waals surface area (Å²) < 4.78 is 63.3. The number of nitrogens with two attached hydrogens (primary N) is 1. The molecule has 0 radical (unpaired) electrons. The van der Waals surface area contributed by atoms with E-state index in [2.05, 4.69) is 4.98 Å². The second-order valence-electron chi connectivity index (χ2n) is 4.45. The van der Waals surface area contributed by atoms with E-state index >= 15 is 0 Å². The SMILES string of the molecule is [2H]c1c([2H])c(N)c2c(=O)n(C3([2H])CC([2H])([2H])C(=O)CC3=O)c(C([2H])[2H])nc2c1[2H]. The van der Waals surface area contributed by atoms with Crippen molar-refractivity contribution in [2.45, 2.75) is 32.1 Å². The van der Waals surface area contributed by atoms with E-state index in [0.717, 1.165) is 0 Å². The van der Waals surface area contributed by atoms with Crippen LogP contribution in [-0.2, 0) is 9.59 Å². The quantitative estimate of drug-likeness (QED) is 0.628. The summed E-state index contributed by atoms with van der Waals surface area (Å²) in [4.78, 5) is 41.4. The third-order valence-electron chi connectivity index (χ3n) is 3.12. The molecule has 1 saturated carbocycles. The van der Waals surface area contributed by atoms with E-state index in [1.807, 2.05) is 0 Å². The molecule has 1 aromatic heterocycles. The molecular formula is C15H15N3O3. The van der Waals surface area contributed by atoms with Gasteiger partial charge in [-0.05, 0) is 25.4 Å². The van der Waals surface area contributed by atoms with Crippen molar-refractivity contribution in [2.24, 2.45) is 0 Å². The van der Waals surface area contributed by atoms with Crippen molar-refractivity contribution >= 4 is 28.2 Å². The van der Waals surface area contributed by atoms with Gasteiger partial charge in [0.15, 0.2) is 5.78 Å². The third kappa shape index (κ3) is 2.12. The predicted molar refractivity (Wildman–Crippen MR) is 78.1 cm³/mol. The second kappa shape index (κ2) is 4.80. The topological polar surface area (TPSA) is 95.0 Å². The van der Waals surface area contributed by atoms with Crippen LogP contribution < -0.4 is 11.3 Å². The first-order chi connectivity index (χ1) is 13.2. The zero-order valence-corrected chi connectivity index (χ0v) is 10.7. The first-order valence-electron chi connectivity index (χ1n) is 10.1. The minimum atomic E-state index is -2.68. The Morgan fingerprint density at radius 2 is 2.33 bits per heavy atom. The van der Waals surface area contributed by atoms with Crippen LogP contribution in [0.1, 0.15) is 42.0 Å². The van der Waals surface area contributed by atoms with Crippen molar-refractivity contribution in [3.63, 3.8) is 0 Å². The maximum absolute atomic E-state index is 13.2. The Hall–Kier alpha value is -2.50. The van der Waals surface area contributed by atoms with Gasteiger partial charge in [-0.25, -0.2) is 4.98 Å². The van der Waals surface area contributed by atoms with E-state index in [4.69, 9.17) is 16.7 Å². The highest BCUT2D eigenvalue weighted by atomic mass is 16.2. The van der Waals surface area contributed by atoms with Gasteiger partial charge in [0.1, 0.15) is 11.6 Å². The third-order valence-corrected chi connectivity index (χ3v) is 3.12. The van der Waals surface area contributed by atoms with Crippen LogP contribution >= 0.6 is 0 Å². The maximum Gasteiger partial charge on any atom is 0.264 e. The van der Waals surface area contributed by atoms with Gasteiger partial charge in [-0.2, -0.15) is 0 Å². The summed E-state index contributed by atoms with van der Waals surface area (Å²) in [6.07, 6.45) is -4.61.